The minimum atomic E-state index is 0.0574. The van der Waals surface area contributed by atoms with E-state index >= 15 is 0 Å². The van der Waals surface area contributed by atoms with Crippen molar-refractivity contribution in [2.24, 2.45) is 11.8 Å². The first-order valence-corrected chi connectivity index (χ1v) is 11.3. The molecule has 0 radical (unpaired) electrons. The maximum Gasteiger partial charge on any atom is 0.264 e. The first kappa shape index (κ1) is 18.9. The molecule has 5 nitrogen and oxygen atoms in total. The number of morpholine rings is 1. The van der Waals surface area contributed by atoms with Crippen molar-refractivity contribution in [3.8, 4) is 0 Å². The fourth-order valence-corrected chi connectivity index (χ4v) is 5.73. The Bertz CT molecular complexity index is 675. The van der Waals surface area contributed by atoms with Gasteiger partial charge in [0.25, 0.3) is 5.91 Å². The summed E-state index contributed by atoms with van der Waals surface area (Å²) < 4.78 is 5.34. The van der Waals surface area contributed by atoms with E-state index in [1.54, 1.807) is 11.3 Å². The van der Waals surface area contributed by atoms with Crippen molar-refractivity contribution in [1.82, 2.24) is 10.2 Å². The molecule has 0 spiro atoms. The molecule has 2 amide bonds. The summed E-state index contributed by atoms with van der Waals surface area (Å²) in [6.07, 6.45) is 9.06. The van der Waals surface area contributed by atoms with Crippen LogP contribution in [-0.2, 0) is 22.4 Å². The first-order valence-electron chi connectivity index (χ1n) is 10.5. The molecule has 1 saturated heterocycles. The highest BCUT2D eigenvalue weighted by molar-refractivity contribution is 7.14. The zero-order valence-electron chi connectivity index (χ0n) is 16.0. The third kappa shape index (κ3) is 4.54. The van der Waals surface area contributed by atoms with Gasteiger partial charge < -0.3 is 15.0 Å². The fourth-order valence-electron chi connectivity index (χ4n) is 4.56. The number of ether oxygens (including phenoxy) is 1. The van der Waals surface area contributed by atoms with Gasteiger partial charge in [0, 0.05) is 30.4 Å². The first-order chi connectivity index (χ1) is 13.2. The van der Waals surface area contributed by atoms with Crippen molar-refractivity contribution < 1.29 is 14.3 Å². The molecule has 1 aromatic rings. The van der Waals surface area contributed by atoms with Crippen molar-refractivity contribution in [3.05, 3.63) is 21.4 Å². The lowest BCUT2D eigenvalue weighted by Gasteiger charge is -2.26. The van der Waals surface area contributed by atoms with Gasteiger partial charge in [0.1, 0.15) is 0 Å². The Morgan fingerprint density at radius 1 is 1.15 bits per heavy atom. The second-order valence-corrected chi connectivity index (χ2v) is 9.29. The van der Waals surface area contributed by atoms with Gasteiger partial charge in [0.2, 0.25) is 5.91 Å². The molecule has 6 heteroatoms. The lowest BCUT2D eigenvalue weighted by molar-refractivity contribution is -0.125. The van der Waals surface area contributed by atoms with E-state index in [4.69, 9.17) is 4.74 Å². The van der Waals surface area contributed by atoms with Crippen molar-refractivity contribution >= 4 is 23.2 Å². The average Bonchev–Trinajstić information content (AvgIpc) is 3.16. The van der Waals surface area contributed by atoms with Gasteiger partial charge in [-0.05, 0) is 49.7 Å². The Kier molecular flexibility index (Phi) is 6.13. The van der Waals surface area contributed by atoms with Crippen LogP contribution in [0.25, 0.3) is 0 Å². The molecule has 4 rings (SSSR count). The predicted molar refractivity (Wildman–Crippen MR) is 106 cm³/mol. The topological polar surface area (TPSA) is 58.6 Å². The lowest BCUT2D eigenvalue weighted by atomic mass is 9.86. The van der Waals surface area contributed by atoms with Crippen LogP contribution in [0.1, 0.15) is 58.6 Å². The molecule has 1 saturated carbocycles. The number of hydrogen-bond donors (Lipinski definition) is 1. The summed E-state index contributed by atoms with van der Waals surface area (Å²) >= 11 is 1.62. The number of carbonyl (C=O) groups excluding carboxylic acids is 2. The molecule has 0 unspecified atom stereocenters. The summed E-state index contributed by atoms with van der Waals surface area (Å²) in [5.41, 5.74) is 1.21. The Morgan fingerprint density at radius 3 is 2.70 bits per heavy atom. The smallest absolute Gasteiger partial charge is 0.264 e. The number of amides is 2. The van der Waals surface area contributed by atoms with Gasteiger partial charge >= 0.3 is 0 Å². The molecule has 1 N–H and O–H groups in total. The number of fused-ring (bicyclic) bond motifs is 1. The number of nitrogens with one attached hydrogen (secondary N) is 1. The van der Waals surface area contributed by atoms with E-state index in [9.17, 15) is 9.59 Å². The quantitative estimate of drug-likeness (QED) is 0.860. The lowest BCUT2D eigenvalue weighted by Crippen LogP contribution is -2.40. The van der Waals surface area contributed by atoms with E-state index in [1.165, 1.54) is 42.5 Å². The molecule has 0 bridgehead atoms. The van der Waals surface area contributed by atoms with Gasteiger partial charge in [0.15, 0.2) is 0 Å². The average molecular weight is 391 g/mol. The fraction of sp³-hybridized carbons (Fsp3) is 0.714. The molecule has 2 fully saturated rings. The van der Waals surface area contributed by atoms with Gasteiger partial charge in [-0.1, -0.05) is 19.3 Å². The Hall–Kier alpha value is -1.40. The van der Waals surface area contributed by atoms with Crippen molar-refractivity contribution in [3.63, 3.8) is 0 Å². The monoisotopic (exact) mass is 390 g/mol. The van der Waals surface area contributed by atoms with Crippen LogP contribution >= 0.6 is 11.3 Å². The van der Waals surface area contributed by atoms with E-state index in [2.05, 4.69) is 5.32 Å². The minimum absolute atomic E-state index is 0.0574. The standard InChI is InChI=1S/C21H30N2O3S/c24-20(22-14-15-4-2-1-3-5-15)16-6-7-18-17(12-16)13-19(27-18)21(25)23-8-10-26-11-9-23/h13,15-16H,1-12,14H2,(H,22,24)/t16-/m0/s1. The van der Waals surface area contributed by atoms with Crippen LogP contribution in [-0.4, -0.2) is 49.6 Å². The second-order valence-electron chi connectivity index (χ2n) is 8.15. The highest BCUT2D eigenvalue weighted by Gasteiger charge is 2.29. The van der Waals surface area contributed by atoms with E-state index < -0.39 is 0 Å². The van der Waals surface area contributed by atoms with Crippen LogP contribution < -0.4 is 5.32 Å². The molecule has 2 aliphatic carbocycles. The zero-order chi connectivity index (χ0) is 18.6. The maximum absolute atomic E-state index is 12.7. The van der Waals surface area contributed by atoms with Crippen molar-refractivity contribution in [2.45, 2.75) is 51.4 Å². The number of hydrogen-bond acceptors (Lipinski definition) is 4. The van der Waals surface area contributed by atoms with Crippen LogP contribution in [0.3, 0.4) is 0 Å². The summed E-state index contributed by atoms with van der Waals surface area (Å²) in [5, 5.41) is 3.21. The van der Waals surface area contributed by atoms with Gasteiger partial charge in [-0.2, -0.15) is 0 Å². The van der Waals surface area contributed by atoms with E-state index in [-0.39, 0.29) is 17.7 Å². The summed E-state index contributed by atoms with van der Waals surface area (Å²) in [5.74, 6) is 1.05. The molecular formula is C21H30N2O3S. The van der Waals surface area contributed by atoms with E-state index in [0.717, 1.165) is 30.7 Å². The van der Waals surface area contributed by atoms with E-state index in [0.29, 0.717) is 32.2 Å². The van der Waals surface area contributed by atoms with Crippen LogP contribution in [0.5, 0.6) is 0 Å². The summed E-state index contributed by atoms with van der Waals surface area (Å²) in [4.78, 5) is 29.4. The summed E-state index contributed by atoms with van der Waals surface area (Å²) in [6, 6.07) is 2.04. The van der Waals surface area contributed by atoms with Gasteiger partial charge in [-0.15, -0.1) is 11.3 Å². The number of nitrogens with zero attached hydrogens (tertiary/aromatic N) is 1. The van der Waals surface area contributed by atoms with Gasteiger partial charge in [0.05, 0.1) is 18.1 Å². The molecular weight excluding hydrogens is 360 g/mol. The van der Waals surface area contributed by atoms with Crippen LogP contribution in [0.4, 0.5) is 0 Å². The number of aryl methyl sites for hydroxylation is 1. The van der Waals surface area contributed by atoms with Crippen LogP contribution in [0.2, 0.25) is 0 Å². The van der Waals surface area contributed by atoms with Crippen LogP contribution in [0.15, 0.2) is 6.07 Å². The molecule has 27 heavy (non-hydrogen) atoms. The van der Waals surface area contributed by atoms with E-state index in [1.807, 2.05) is 11.0 Å². The Morgan fingerprint density at radius 2 is 1.93 bits per heavy atom. The number of carbonyl (C=O) groups is 2. The Labute approximate surface area is 165 Å². The normalized spacial score (nSPS) is 23.7. The van der Waals surface area contributed by atoms with Gasteiger partial charge in [-0.3, -0.25) is 9.59 Å². The number of rotatable bonds is 4. The molecule has 0 aromatic carbocycles. The largest absolute Gasteiger partial charge is 0.378 e. The maximum atomic E-state index is 12.7. The third-order valence-electron chi connectivity index (χ3n) is 6.25. The van der Waals surface area contributed by atoms with Crippen molar-refractivity contribution in [2.75, 3.05) is 32.8 Å². The number of thiophene rings is 1. The molecule has 1 aromatic heterocycles. The molecule has 3 aliphatic rings. The van der Waals surface area contributed by atoms with Crippen LogP contribution in [0, 0.1) is 11.8 Å². The van der Waals surface area contributed by atoms with Crippen molar-refractivity contribution in [1.29, 1.82) is 0 Å². The second kappa shape index (κ2) is 8.74. The summed E-state index contributed by atoms with van der Waals surface area (Å²) in [6.45, 7) is 3.44. The summed E-state index contributed by atoms with van der Waals surface area (Å²) in [7, 11) is 0. The predicted octanol–water partition coefficient (Wildman–Crippen LogP) is 3.02. The molecule has 1 atom stereocenters. The minimum Gasteiger partial charge on any atom is -0.378 e. The SMILES string of the molecule is O=C(NCC1CCCCC1)[C@H]1CCc2sc(C(=O)N3CCOCC3)cc2C1. The molecule has 1 aliphatic heterocycles. The van der Waals surface area contributed by atoms with Gasteiger partial charge in [-0.25, -0.2) is 0 Å². The zero-order valence-corrected chi connectivity index (χ0v) is 16.8. The third-order valence-corrected chi connectivity index (χ3v) is 7.48. The molecule has 2 heterocycles. The molecule has 148 valence electrons. The highest BCUT2D eigenvalue weighted by atomic mass is 32.1. The highest BCUT2D eigenvalue weighted by Crippen LogP contribution is 2.33. The Balaban J connectivity index is 1.33.